The monoisotopic (exact) mass is 2000 g/mol. The molecule has 0 saturated heterocycles. The second-order valence-corrected chi connectivity index (χ2v) is 33.8. The highest BCUT2D eigenvalue weighted by Crippen LogP contribution is 2.46. The summed E-state index contributed by atoms with van der Waals surface area (Å²) in [6.45, 7) is 28.4. The quantitative estimate of drug-likeness (QED) is 0.0259. The maximum atomic E-state index is 14.7. The average Bonchev–Trinajstić information content (AvgIpc) is 1.64. The predicted molar refractivity (Wildman–Crippen MR) is 539 cm³/mol. The molecule has 0 spiro atoms. The molecule has 18 aromatic rings. The number of benzene rings is 12. The molecule has 0 aliphatic heterocycles. The van der Waals surface area contributed by atoms with E-state index in [1.165, 1.54) is 24.3 Å². The standard InChI is InChI=1S/C21H24F2O3.C20H22F2O3.2C19H20F2O3.C18H18F2O3.C17H16F2O3/c1-3-5-7-13-25-17-11-9-15-14-8-10-16(24-12-6-4-2)18(22)20(14)26-21(15)19(17)23;1-3-5-6-12-24-16-10-8-14-13-7-9-15(23-11-4-2)17(21)19(13)25-20(14)18(16)22;1-3-5-11-23-15-9-7-13-12-6-8-14(22-10-4-2)16(20)18(12)24-19(13)17(15)21;1-3-5-6-11-23-15-10-8-13-12-7-9-14(22-4-2)16(20)18(12)24-19(13)17(15)21;1-3-5-10-22-14-9-7-12-11-6-8-13(21-4-2)15(19)17(11)23-18(12)16(14)20;1-3-9-21-13-8-6-11-10-5-7-12(20-4-2)14(18)16(10)22-17(11)15(13)19/h8-11H,3-7,12-13H2,1-2H3;7-10H,3-6,11-12H2,1-2H3;6-9H,3-5,10-11H2,1-2H3;7-10H,3-6,11H2,1-2H3;6-9H,3-5,10H2,1-2H3;5-8H,3-4,9H2,1-2H3. The summed E-state index contributed by atoms with van der Waals surface area (Å²) in [5.74, 6) is -5.88. The van der Waals surface area contributed by atoms with Crippen LogP contribution in [0.15, 0.2) is 172 Å². The van der Waals surface area contributed by atoms with Crippen molar-refractivity contribution in [3.8, 4) is 69.0 Å². The zero-order chi connectivity index (χ0) is 103. The first-order valence-corrected chi connectivity index (χ1v) is 49.5. The lowest BCUT2D eigenvalue weighted by molar-refractivity contribution is 0.291. The summed E-state index contributed by atoms with van der Waals surface area (Å²) in [5.41, 5.74) is 0.0341. The van der Waals surface area contributed by atoms with Crippen LogP contribution in [0.2, 0.25) is 0 Å². The van der Waals surface area contributed by atoms with Crippen LogP contribution in [0.25, 0.3) is 132 Å². The van der Waals surface area contributed by atoms with Crippen molar-refractivity contribution < 1.29 is 136 Å². The second-order valence-electron chi connectivity index (χ2n) is 33.8. The van der Waals surface area contributed by atoms with Gasteiger partial charge in [-0.2, -0.15) is 52.7 Å². The van der Waals surface area contributed by atoms with Gasteiger partial charge in [-0.1, -0.05) is 120 Å². The molecule has 0 saturated carbocycles. The Morgan fingerprint density at radius 1 is 0.139 bits per heavy atom. The smallest absolute Gasteiger partial charge is 0.208 e. The Morgan fingerprint density at radius 2 is 0.257 bits per heavy atom. The molecule has 0 fully saturated rings. The molecule has 6 aromatic heterocycles. The third-order valence-corrected chi connectivity index (χ3v) is 23.3. The Kier molecular flexibility index (Phi) is 38.8. The first-order chi connectivity index (χ1) is 70.0. The Labute approximate surface area is 825 Å². The fourth-order valence-corrected chi connectivity index (χ4v) is 15.8. The van der Waals surface area contributed by atoms with Gasteiger partial charge in [0.1, 0.15) is 0 Å². The summed E-state index contributed by atoms with van der Waals surface area (Å²) >= 11 is 0. The predicted octanol–water partition coefficient (Wildman–Crippen LogP) is 35.0. The van der Waals surface area contributed by atoms with E-state index in [-0.39, 0.29) is 136 Å². The number of unbranched alkanes of at least 4 members (excludes halogenated alkanes) is 9. The van der Waals surface area contributed by atoms with Crippen LogP contribution in [0.3, 0.4) is 0 Å². The van der Waals surface area contributed by atoms with Gasteiger partial charge in [0.2, 0.25) is 69.8 Å². The van der Waals surface area contributed by atoms with Crippen LogP contribution in [-0.2, 0) is 0 Å². The molecule has 768 valence electrons. The summed E-state index contributed by atoms with van der Waals surface area (Å²) in [4.78, 5) is 0. The van der Waals surface area contributed by atoms with E-state index in [9.17, 15) is 52.7 Å². The summed E-state index contributed by atoms with van der Waals surface area (Å²) in [6.07, 6.45) is 16.6. The van der Waals surface area contributed by atoms with Crippen LogP contribution in [0.1, 0.15) is 199 Å². The summed E-state index contributed by atoms with van der Waals surface area (Å²) in [6, 6.07) is 38.8. The molecule has 0 atom stereocenters. The first-order valence-electron chi connectivity index (χ1n) is 49.5. The van der Waals surface area contributed by atoms with Crippen molar-refractivity contribution in [2.75, 3.05) is 79.3 Å². The number of ether oxygens (including phenoxy) is 12. The minimum absolute atomic E-state index is 0.00143. The highest BCUT2D eigenvalue weighted by atomic mass is 19.2. The molecule has 0 aliphatic rings. The number of halogens is 12. The molecule has 12 aromatic carbocycles. The van der Waals surface area contributed by atoms with Gasteiger partial charge in [-0.05, 0) is 224 Å². The van der Waals surface area contributed by atoms with Crippen LogP contribution in [0.5, 0.6) is 69.0 Å². The molecular formula is C114H120F12O18. The fraction of sp³-hybridized carbons (Fsp3) is 0.368. The molecule has 0 aliphatic carbocycles. The van der Waals surface area contributed by atoms with Crippen LogP contribution in [0, 0.1) is 69.8 Å². The van der Waals surface area contributed by atoms with Crippen molar-refractivity contribution in [1.82, 2.24) is 0 Å². The molecular weight excluding hydrogens is 1890 g/mol. The molecule has 144 heavy (non-hydrogen) atoms. The summed E-state index contributed by atoms with van der Waals surface area (Å²) < 4.78 is 272. The van der Waals surface area contributed by atoms with Crippen molar-refractivity contribution in [2.45, 2.75) is 199 Å². The lowest BCUT2D eigenvalue weighted by Crippen LogP contribution is -1.99. The van der Waals surface area contributed by atoms with Gasteiger partial charge in [0.15, 0.2) is 136 Å². The maximum Gasteiger partial charge on any atom is 0.208 e. The lowest BCUT2D eigenvalue weighted by atomic mass is 10.1. The van der Waals surface area contributed by atoms with E-state index in [4.69, 9.17) is 83.3 Å². The van der Waals surface area contributed by atoms with E-state index >= 15 is 0 Å². The minimum Gasteiger partial charge on any atom is -0.491 e. The molecule has 30 heteroatoms. The van der Waals surface area contributed by atoms with Crippen LogP contribution < -0.4 is 56.8 Å². The number of furan rings is 6. The van der Waals surface area contributed by atoms with Crippen LogP contribution in [-0.4, -0.2) is 79.3 Å². The van der Waals surface area contributed by atoms with E-state index in [1.54, 1.807) is 142 Å². The van der Waals surface area contributed by atoms with Crippen molar-refractivity contribution >= 4 is 132 Å². The zero-order valence-corrected chi connectivity index (χ0v) is 83.0. The molecule has 0 unspecified atom stereocenters. The van der Waals surface area contributed by atoms with Gasteiger partial charge in [0, 0.05) is 64.6 Å². The minimum atomic E-state index is -0.619. The van der Waals surface area contributed by atoms with E-state index in [0.29, 0.717) is 144 Å². The van der Waals surface area contributed by atoms with Crippen molar-refractivity contribution in [3.05, 3.63) is 215 Å². The van der Waals surface area contributed by atoms with E-state index < -0.39 is 69.8 Å². The topological polar surface area (TPSA) is 190 Å². The zero-order valence-electron chi connectivity index (χ0n) is 83.0. The number of hydrogen-bond acceptors (Lipinski definition) is 18. The van der Waals surface area contributed by atoms with E-state index in [0.717, 1.165) is 116 Å². The summed E-state index contributed by atoms with van der Waals surface area (Å²) in [7, 11) is 0. The Bertz CT molecular complexity index is 7360. The number of fused-ring (bicyclic) bond motifs is 18. The Morgan fingerprint density at radius 3 is 0.375 bits per heavy atom. The Hall–Kier alpha value is -13.8. The van der Waals surface area contributed by atoms with Gasteiger partial charge in [-0.25, -0.2) is 0 Å². The second kappa shape index (κ2) is 51.9. The average molecular weight is 2010 g/mol. The SMILES string of the molecule is CCCCCOc1ccc2c(oc3c(F)c(OCC)ccc32)c1F.CCCCCOc1ccc2c(oc3c(F)c(OCCC)ccc32)c1F.CCCCCOc1ccc2c(oc3c(F)c(OCCCC)ccc32)c1F.CCCCOc1ccc2c(oc3c(F)c(OCC)ccc32)c1F.CCCCOc1ccc2c(oc3c(F)c(OCCC)ccc32)c1F.CCCOc1ccc2c(oc3c(F)c(OCC)ccc32)c1F. The third kappa shape index (κ3) is 24.3. The first kappa shape index (κ1) is 107. The molecule has 18 nitrogen and oxygen atoms in total. The van der Waals surface area contributed by atoms with Crippen molar-refractivity contribution in [3.63, 3.8) is 0 Å². The molecule has 6 heterocycles. The van der Waals surface area contributed by atoms with Gasteiger partial charge in [-0.15, -0.1) is 0 Å². The molecule has 0 bridgehead atoms. The molecule has 0 amide bonds. The number of hydrogen-bond donors (Lipinski definition) is 0. The Balaban J connectivity index is 0.000000145. The normalized spacial score (nSPS) is 11.3. The third-order valence-electron chi connectivity index (χ3n) is 23.3. The van der Waals surface area contributed by atoms with Crippen molar-refractivity contribution in [2.24, 2.45) is 0 Å². The highest BCUT2D eigenvalue weighted by Gasteiger charge is 2.29. The van der Waals surface area contributed by atoms with E-state index in [1.807, 2.05) is 41.5 Å². The maximum absolute atomic E-state index is 14.7. The molecule has 18 rings (SSSR count). The number of rotatable bonds is 42. The van der Waals surface area contributed by atoms with Gasteiger partial charge in [0.25, 0.3) is 0 Å². The van der Waals surface area contributed by atoms with Gasteiger partial charge < -0.3 is 83.3 Å². The fourth-order valence-electron chi connectivity index (χ4n) is 15.8. The lowest BCUT2D eigenvalue weighted by Gasteiger charge is -2.06. The van der Waals surface area contributed by atoms with E-state index in [2.05, 4.69) is 20.8 Å². The molecule has 0 radical (unpaired) electrons. The van der Waals surface area contributed by atoms with Crippen molar-refractivity contribution in [1.29, 1.82) is 0 Å². The molecule has 0 N–H and O–H groups in total. The van der Waals surface area contributed by atoms with Gasteiger partial charge in [0.05, 0.1) is 79.3 Å². The summed E-state index contributed by atoms with van der Waals surface area (Å²) in [5, 5.41) is 6.22. The highest BCUT2D eigenvalue weighted by molar-refractivity contribution is 6.11. The van der Waals surface area contributed by atoms with Crippen LogP contribution >= 0.6 is 0 Å². The van der Waals surface area contributed by atoms with Gasteiger partial charge >= 0.3 is 0 Å². The largest absolute Gasteiger partial charge is 0.491 e. The van der Waals surface area contributed by atoms with Crippen LogP contribution in [0.4, 0.5) is 52.7 Å². The van der Waals surface area contributed by atoms with Gasteiger partial charge in [-0.3, -0.25) is 0 Å².